The Morgan fingerprint density at radius 2 is 1.66 bits per heavy atom. The highest BCUT2D eigenvalue weighted by Crippen LogP contribution is 2.32. The van der Waals surface area contributed by atoms with E-state index in [0.29, 0.717) is 11.1 Å². The topological polar surface area (TPSA) is 91.3 Å². The van der Waals surface area contributed by atoms with Gasteiger partial charge in [0.25, 0.3) is 0 Å². The number of aryl methyl sites for hydroxylation is 1. The number of nitrogens with zero attached hydrogens (tertiary/aromatic N) is 1. The number of benzene rings is 3. The zero-order valence-corrected chi connectivity index (χ0v) is 18.1. The van der Waals surface area contributed by atoms with Gasteiger partial charge < -0.3 is 13.7 Å². The predicted octanol–water partition coefficient (Wildman–Crippen LogP) is 4.12. The summed E-state index contributed by atoms with van der Waals surface area (Å²) in [6, 6.07) is 20.0. The van der Waals surface area contributed by atoms with Crippen LogP contribution in [0.1, 0.15) is 16.7 Å². The summed E-state index contributed by atoms with van der Waals surface area (Å²) >= 11 is 0. The molecule has 162 valence electrons. The van der Waals surface area contributed by atoms with Gasteiger partial charge in [0.05, 0.1) is 7.11 Å². The second-order valence-electron chi connectivity index (χ2n) is 6.96. The molecule has 0 N–H and O–H groups in total. The highest BCUT2D eigenvalue weighted by molar-refractivity contribution is 7.87. The third kappa shape index (κ3) is 4.55. The number of hydrogen-bond donors (Lipinski definition) is 0. The lowest BCUT2D eigenvalue weighted by atomic mass is 10.1. The summed E-state index contributed by atoms with van der Waals surface area (Å²) in [5, 5.41) is 0. The van der Waals surface area contributed by atoms with Gasteiger partial charge in [-0.2, -0.15) is 8.42 Å². The number of cyclic esters (lactones) is 1. The van der Waals surface area contributed by atoms with Crippen LogP contribution in [-0.2, 0) is 19.6 Å². The third-order valence-electron chi connectivity index (χ3n) is 4.64. The van der Waals surface area contributed by atoms with Gasteiger partial charge in [-0.25, -0.2) is 9.79 Å². The van der Waals surface area contributed by atoms with Crippen molar-refractivity contribution >= 4 is 28.1 Å². The molecule has 0 unspecified atom stereocenters. The number of methoxy groups -OCH3 is 1. The number of aliphatic imine (C=N–C) groups is 1. The lowest BCUT2D eigenvalue weighted by Gasteiger charge is -2.11. The molecule has 0 saturated heterocycles. The van der Waals surface area contributed by atoms with E-state index in [-0.39, 0.29) is 28.0 Å². The summed E-state index contributed by atoms with van der Waals surface area (Å²) in [6.07, 6.45) is 1.53. The summed E-state index contributed by atoms with van der Waals surface area (Å²) < 4.78 is 41.0. The van der Waals surface area contributed by atoms with Gasteiger partial charge in [0.2, 0.25) is 5.90 Å². The second-order valence-corrected chi connectivity index (χ2v) is 8.51. The average molecular weight is 449 g/mol. The van der Waals surface area contributed by atoms with E-state index in [1.807, 2.05) is 25.1 Å². The maximum Gasteiger partial charge on any atom is 0.363 e. The second kappa shape index (κ2) is 8.68. The van der Waals surface area contributed by atoms with Crippen LogP contribution in [0.4, 0.5) is 0 Å². The van der Waals surface area contributed by atoms with Gasteiger partial charge in [0.15, 0.2) is 17.2 Å². The molecule has 1 aliphatic heterocycles. The Kier molecular flexibility index (Phi) is 5.79. The molecule has 1 aliphatic rings. The molecule has 3 aromatic rings. The van der Waals surface area contributed by atoms with E-state index in [2.05, 4.69) is 4.99 Å². The first-order valence-corrected chi connectivity index (χ1v) is 11.0. The van der Waals surface area contributed by atoms with Crippen LogP contribution in [0.5, 0.6) is 11.5 Å². The van der Waals surface area contributed by atoms with Crippen molar-refractivity contribution in [1.82, 2.24) is 0 Å². The van der Waals surface area contributed by atoms with Crippen LogP contribution >= 0.6 is 0 Å². The van der Waals surface area contributed by atoms with Crippen molar-refractivity contribution in [2.75, 3.05) is 7.11 Å². The maximum atomic E-state index is 12.6. The standard InChI is InChI=1S/C24H19NO6S/c1-16-8-11-19(12-9-16)32(27,28)31-21-13-10-17(15-22(21)29-2)14-20-24(26)30-23(25-20)18-6-4-3-5-7-18/h3-15H,1-2H3/b20-14-. The zero-order valence-electron chi connectivity index (χ0n) is 17.3. The van der Waals surface area contributed by atoms with Crippen molar-refractivity contribution in [1.29, 1.82) is 0 Å². The SMILES string of the molecule is COc1cc(/C=C2\N=C(c3ccccc3)OC2=O)ccc1OS(=O)(=O)c1ccc(C)cc1. The Bertz CT molecular complexity index is 1330. The number of rotatable bonds is 6. The Balaban J connectivity index is 1.61. The Morgan fingerprint density at radius 3 is 2.34 bits per heavy atom. The molecule has 0 bridgehead atoms. The molecule has 0 radical (unpaired) electrons. The van der Waals surface area contributed by atoms with Crippen LogP contribution < -0.4 is 8.92 Å². The van der Waals surface area contributed by atoms with Crippen molar-refractivity contribution < 1.29 is 26.9 Å². The Hall–Kier alpha value is -3.91. The predicted molar refractivity (Wildman–Crippen MR) is 119 cm³/mol. The first-order valence-electron chi connectivity index (χ1n) is 9.63. The van der Waals surface area contributed by atoms with E-state index in [0.717, 1.165) is 5.56 Å². The Morgan fingerprint density at radius 1 is 0.938 bits per heavy atom. The monoisotopic (exact) mass is 449 g/mol. The number of ether oxygens (including phenoxy) is 2. The lowest BCUT2D eigenvalue weighted by Crippen LogP contribution is -2.10. The van der Waals surface area contributed by atoms with Gasteiger partial charge in [0, 0.05) is 5.56 Å². The first-order chi connectivity index (χ1) is 15.4. The molecular formula is C24H19NO6S. The molecule has 7 nitrogen and oxygen atoms in total. The smallest absolute Gasteiger partial charge is 0.363 e. The number of carbonyl (C=O) groups excluding carboxylic acids is 1. The molecule has 0 aliphatic carbocycles. The van der Waals surface area contributed by atoms with E-state index in [4.69, 9.17) is 13.7 Å². The van der Waals surface area contributed by atoms with Gasteiger partial charge >= 0.3 is 16.1 Å². The van der Waals surface area contributed by atoms with Gasteiger partial charge in [-0.05, 0) is 55.0 Å². The van der Waals surface area contributed by atoms with E-state index >= 15 is 0 Å². The van der Waals surface area contributed by atoms with Crippen LogP contribution in [0.2, 0.25) is 0 Å². The zero-order chi connectivity index (χ0) is 22.7. The number of hydrogen-bond acceptors (Lipinski definition) is 7. The minimum Gasteiger partial charge on any atom is -0.493 e. The minimum atomic E-state index is -4.04. The summed E-state index contributed by atoms with van der Waals surface area (Å²) in [5.41, 5.74) is 2.30. The van der Waals surface area contributed by atoms with Crippen LogP contribution in [0.25, 0.3) is 6.08 Å². The molecule has 0 atom stereocenters. The van der Waals surface area contributed by atoms with Gasteiger partial charge in [-0.1, -0.05) is 42.0 Å². The number of esters is 1. The first kappa shape index (κ1) is 21.3. The normalized spacial score (nSPS) is 14.8. The summed E-state index contributed by atoms with van der Waals surface area (Å²) in [6.45, 7) is 1.86. The summed E-state index contributed by atoms with van der Waals surface area (Å²) in [4.78, 5) is 16.5. The molecule has 3 aromatic carbocycles. The molecule has 8 heteroatoms. The number of carbonyl (C=O) groups is 1. The van der Waals surface area contributed by atoms with Crippen molar-refractivity contribution in [3.63, 3.8) is 0 Å². The highest BCUT2D eigenvalue weighted by atomic mass is 32.2. The van der Waals surface area contributed by atoms with Gasteiger partial charge in [0.1, 0.15) is 4.90 Å². The molecule has 0 amide bonds. The molecule has 0 saturated carbocycles. The fraction of sp³-hybridized carbons (Fsp3) is 0.0833. The van der Waals surface area contributed by atoms with Crippen molar-refractivity contribution in [3.8, 4) is 11.5 Å². The van der Waals surface area contributed by atoms with E-state index in [9.17, 15) is 13.2 Å². The van der Waals surface area contributed by atoms with Crippen molar-refractivity contribution in [2.45, 2.75) is 11.8 Å². The van der Waals surface area contributed by atoms with Gasteiger partial charge in [-0.3, -0.25) is 0 Å². The van der Waals surface area contributed by atoms with E-state index in [1.165, 1.54) is 31.4 Å². The van der Waals surface area contributed by atoms with Crippen LogP contribution in [-0.4, -0.2) is 27.4 Å². The summed E-state index contributed by atoms with van der Waals surface area (Å²) in [5.74, 6) is -0.144. The average Bonchev–Trinajstić information content (AvgIpc) is 3.15. The fourth-order valence-electron chi connectivity index (χ4n) is 2.99. The highest BCUT2D eigenvalue weighted by Gasteiger charge is 2.24. The largest absolute Gasteiger partial charge is 0.493 e. The van der Waals surface area contributed by atoms with E-state index < -0.39 is 16.1 Å². The maximum absolute atomic E-state index is 12.6. The molecule has 1 heterocycles. The Labute approximate surface area is 185 Å². The molecule has 32 heavy (non-hydrogen) atoms. The molecule has 0 spiro atoms. The fourth-order valence-corrected chi connectivity index (χ4v) is 3.92. The van der Waals surface area contributed by atoms with Crippen molar-refractivity contribution in [2.24, 2.45) is 4.99 Å². The molecular weight excluding hydrogens is 430 g/mol. The quantitative estimate of drug-likeness (QED) is 0.319. The summed E-state index contributed by atoms with van der Waals surface area (Å²) in [7, 11) is -2.64. The minimum absolute atomic E-state index is 0.0256. The van der Waals surface area contributed by atoms with Gasteiger partial charge in [-0.15, -0.1) is 0 Å². The van der Waals surface area contributed by atoms with Crippen LogP contribution in [0.15, 0.2) is 88.4 Å². The van der Waals surface area contributed by atoms with E-state index in [1.54, 1.807) is 36.4 Å². The molecule has 0 aromatic heterocycles. The van der Waals surface area contributed by atoms with Crippen molar-refractivity contribution in [3.05, 3.63) is 95.2 Å². The molecule has 0 fully saturated rings. The lowest BCUT2D eigenvalue weighted by molar-refractivity contribution is -0.129. The van der Waals surface area contributed by atoms with Crippen LogP contribution in [0, 0.1) is 6.92 Å². The molecule has 4 rings (SSSR count). The van der Waals surface area contributed by atoms with Crippen LogP contribution in [0.3, 0.4) is 0 Å². The third-order valence-corrected chi connectivity index (χ3v) is 5.89.